The number of carbonyl (C=O) groups excluding carboxylic acids is 1. The SMILES string of the molecule is Cc1ccc2nsnc2c1NC(=S)NC(=O)/C=C/c1ccc(-c2cccc(Cl)c2Cl)o1. The molecule has 0 aliphatic carbocycles. The van der Waals surface area contributed by atoms with Gasteiger partial charge >= 0.3 is 0 Å². The number of carbonyl (C=O) groups is 1. The maximum atomic E-state index is 12.3. The van der Waals surface area contributed by atoms with Gasteiger partial charge in [-0.15, -0.1) is 0 Å². The molecule has 0 spiro atoms. The number of thiocarbonyl (C=S) groups is 1. The van der Waals surface area contributed by atoms with Crippen LogP contribution >= 0.6 is 47.1 Å². The first-order valence-electron chi connectivity index (χ1n) is 8.98. The van der Waals surface area contributed by atoms with E-state index in [9.17, 15) is 4.79 Å². The Labute approximate surface area is 197 Å². The summed E-state index contributed by atoms with van der Waals surface area (Å²) in [5, 5.41) is 6.63. The van der Waals surface area contributed by atoms with Crippen molar-refractivity contribution in [3.8, 4) is 11.3 Å². The van der Waals surface area contributed by atoms with Crippen LogP contribution in [0.15, 0.2) is 53.0 Å². The molecule has 1 amide bonds. The molecule has 31 heavy (non-hydrogen) atoms. The number of halogens is 2. The van der Waals surface area contributed by atoms with Gasteiger partial charge in [-0.3, -0.25) is 10.1 Å². The highest BCUT2D eigenvalue weighted by atomic mass is 35.5. The van der Waals surface area contributed by atoms with Crippen molar-refractivity contribution in [1.82, 2.24) is 14.1 Å². The highest BCUT2D eigenvalue weighted by Crippen LogP contribution is 2.34. The quantitative estimate of drug-likeness (QED) is 0.267. The van der Waals surface area contributed by atoms with Crippen LogP contribution in [-0.2, 0) is 4.79 Å². The van der Waals surface area contributed by atoms with E-state index in [1.165, 1.54) is 12.2 Å². The molecule has 0 bridgehead atoms. The molecule has 4 rings (SSSR count). The van der Waals surface area contributed by atoms with Crippen molar-refractivity contribution in [2.45, 2.75) is 6.92 Å². The van der Waals surface area contributed by atoms with Crippen molar-refractivity contribution >= 4 is 81.0 Å². The maximum Gasteiger partial charge on any atom is 0.250 e. The van der Waals surface area contributed by atoms with Crippen molar-refractivity contribution in [2.75, 3.05) is 5.32 Å². The molecule has 0 aliphatic heterocycles. The summed E-state index contributed by atoms with van der Waals surface area (Å²) in [6, 6.07) is 12.6. The fraction of sp³-hybridized carbons (Fsp3) is 0.0476. The number of aryl methyl sites for hydroxylation is 1. The summed E-state index contributed by atoms with van der Waals surface area (Å²) in [4.78, 5) is 12.3. The van der Waals surface area contributed by atoms with Crippen LogP contribution in [0, 0.1) is 6.92 Å². The fourth-order valence-electron chi connectivity index (χ4n) is 2.85. The van der Waals surface area contributed by atoms with Crippen molar-refractivity contribution < 1.29 is 9.21 Å². The third-order valence-corrected chi connectivity index (χ3v) is 5.92. The number of aromatic nitrogens is 2. The number of nitrogens with zero attached hydrogens (tertiary/aromatic N) is 2. The zero-order valence-corrected chi connectivity index (χ0v) is 19.1. The molecular formula is C21H14Cl2N4O2S2. The smallest absolute Gasteiger partial charge is 0.250 e. The molecular weight excluding hydrogens is 475 g/mol. The highest BCUT2D eigenvalue weighted by molar-refractivity contribution is 7.80. The lowest BCUT2D eigenvalue weighted by Crippen LogP contribution is -2.33. The van der Waals surface area contributed by atoms with E-state index in [2.05, 4.69) is 19.4 Å². The summed E-state index contributed by atoms with van der Waals surface area (Å²) in [6.07, 6.45) is 2.87. The average Bonchev–Trinajstić information content (AvgIpc) is 3.40. The molecule has 10 heteroatoms. The van der Waals surface area contributed by atoms with Gasteiger partial charge in [-0.1, -0.05) is 35.3 Å². The molecule has 6 nitrogen and oxygen atoms in total. The number of amides is 1. The minimum Gasteiger partial charge on any atom is -0.457 e. The van der Waals surface area contributed by atoms with Gasteiger partial charge in [0, 0.05) is 11.6 Å². The Balaban J connectivity index is 1.41. The third-order valence-electron chi connectivity index (χ3n) is 4.35. The number of furan rings is 1. The summed E-state index contributed by atoms with van der Waals surface area (Å²) in [5.74, 6) is 0.622. The van der Waals surface area contributed by atoms with E-state index in [-0.39, 0.29) is 5.11 Å². The number of nitrogens with one attached hydrogen (secondary N) is 2. The van der Waals surface area contributed by atoms with Gasteiger partial charge in [-0.25, -0.2) is 0 Å². The van der Waals surface area contributed by atoms with Gasteiger partial charge in [-0.05, 0) is 61.1 Å². The monoisotopic (exact) mass is 488 g/mol. The minimum atomic E-state index is -0.405. The van der Waals surface area contributed by atoms with Gasteiger partial charge in [0.2, 0.25) is 5.91 Å². The second-order valence-corrected chi connectivity index (χ2v) is 8.19. The number of anilines is 1. The Morgan fingerprint density at radius 1 is 1.16 bits per heavy atom. The normalized spacial score (nSPS) is 11.2. The Morgan fingerprint density at radius 3 is 2.84 bits per heavy atom. The van der Waals surface area contributed by atoms with E-state index in [1.807, 2.05) is 19.1 Å². The first-order valence-corrected chi connectivity index (χ1v) is 10.9. The van der Waals surface area contributed by atoms with Crippen molar-refractivity contribution in [2.24, 2.45) is 0 Å². The van der Waals surface area contributed by atoms with Crippen molar-refractivity contribution in [1.29, 1.82) is 0 Å². The second kappa shape index (κ2) is 9.15. The molecule has 0 aliphatic rings. The first kappa shape index (κ1) is 21.5. The fourth-order valence-corrected chi connectivity index (χ4v) is 3.99. The van der Waals surface area contributed by atoms with Crippen LogP contribution in [0.1, 0.15) is 11.3 Å². The Morgan fingerprint density at radius 2 is 2.00 bits per heavy atom. The first-order chi connectivity index (χ1) is 14.9. The number of benzene rings is 2. The molecule has 0 atom stereocenters. The van der Waals surface area contributed by atoms with Crippen LogP contribution < -0.4 is 10.6 Å². The van der Waals surface area contributed by atoms with Gasteiger partial charge < -0.3 is 9.73 Å². The third kappa shape index (κ3) is 4.77. The number of hydrogen-bond donors (Lipinski definition) is 2. The zero-order valence-electron chi connectivity index (χ0n) is 16.0. The number of rotatable bonds is 4. The summed E-state index contributed by atoms with van der Waals surface area (Å²) >= 11 is 18.7. The molecule has 2 aromatic carbocycles. The summed E-state index contributed by atoms with van der Waals surface area (Å²) in [5.41, 5.74) is 3.80. The van der Waals surface area contributed by atoms with E-state index in [0.29, 0.717) is 32.6 Å². The van der Waals surface area contributed by atoms with E-state index < -0.39 is 5.91 Å². The Hall–Kier alpha value is -2.78. The lowest BCUT2D eigenvalue weighted by Gasteiger charge is -2.10. The number of fused-ring (bicyclic) bond motifs is 1. The van der Waals surface area contributed by atoms with Gasteiger partial charge in [0.05, 0.1) is 27.5 Å². The lowest BCUT2D eigenvalue weighted by molar-refractivity contribution is -0.115. The lowest BCUT2D eigenvalue weighted by atomic mass is 10.1. The Kier molecular flexibility index (Phi) is 6.33. The van der Waals surface area contributed by atoms with Crippen LogP contribution in [0.3, 0.4) is 0 Å². The summed E-state index contributed by atoms with van der Waals surface area (Å²) < 4.78 is 14.2. The predicted molar refractivity (Wildman–Crippen MR) is 130 cm³/mol. The molecule has 4 aromatic rings. The van der Waals surface area contributed by atoms with E-state index in [1.54, 1.807) is 30.3 Å². The molecule has 2 aromatic heterocycles. The van der Waals surface area contributed by atoms with Gasteiger partial charge in [0.1, 0.15) is 22.6 Å². The molecule has 0 saturated carbocycles. The molecule has 156 valence electrons. The summed E-state index contributed by atoms with van der Waals surface area (Å²) in [7, 11) is 0. The molecule has 2 N–H and O–H groups in total. The number of hydrogen-bond acceptors (Lipinski definition) is 6. The van der Waals surface area contributed by atoms with Crippen LogP contribution in [0.4, 0.5) is 5.69 Å². The van der Waals surface area contributed by atoms with Crippen molar-refractivity contribution in [3.63, 3.8) is 0 Å². The maximum absolute atomic E-state index is 12.3. The predicted octanol–water partition coefficient (Wildman–Crippen LogP) is 6.09. The molecule has 2 heterocycles. The summed E-state index contributed by atoms with van der Waals surface area (Å²) in [6.45, 7) is 1.92. The van der Waals surface area contributed by atoms with Crippen LogP contribution in [0.25, 0.3) is 28.4 Å². The highest BCUT2D eigenvalue weighted by Gasteiger charge is 2.12. The molecule has 0 unspecified atom stereocenters. The van der Waals surface area contributed by atoms with Crippen LogP contribution in [-0.4, -0.2) is 19.8 Å². The van der Waals surface area contributed by atoms with Gasteiger partial charge in [0.25, 0.3) is 0 Å². The average molecular weight is 489 g/mol. The van der Waals surface area contributed by atoms with Crippen LogP contribution in [0.2, 0.25) is 10.0 Å². The molecule has 0 radical (unpaired) electrons. The Bertz CT molecular complexity index is 1330. The topological polar surface area (TPSA) is 80.0 Å². The van der Waals surface area contributed by atoms with E-state index in [4.69, 9.17) is 39.8 Å². The zero-order chi connectivity index (χ0) is 22.0. The molecule has 0 fully saturated rings. The van der Waals surface area contributed by atoms with E-state index in [0.717, 1.165) is 28.5 Å². The van der Waals surface area contributed by atoms with Crippen LogP contribution in [0.5, 0.6) is 0 Å². The molecule has 0 saturated heterocycles. The largest absolute Gasteiger partial charge is 0.457 e. The second-order valence-electron chi connectivity index (χ2n) is 6.47. The minimum absolute atomic E-state index is 0.157. The van der Waals surface area contributed by atoms with E-state index >= 15 is 0 Å². The van der Waals surface area contributed by atoms with Gasteiger partial charge in [-0.2, -0.15) is 8.75 Å². The van der Waals surface area contributed by atoms with Gasteiger partial charge in [0.15, 0.2) is 5.11 Å². The standard InChI is InChI=1S/C21H14Cl2N4O2S2/c1-11-5-8-15-20(27-31-26-15)19(11)25-21(30)24-17(28)10-7-12-6-9-16(29-12)13-3-2-4-14(22)18(13)23/h2-10H,1H3,(H2,24,25,28,30)/b10-7+. The van der Waals surface area contributed by atoms with Crippen molar-refractivity contribution in [3.05, 3.63) is 69.9 Å².